The highest BCUT2D eigenvalue weighted by Crippen LogP contribution is 2.41. The first kappa shape index (κ1) is 11.3. The molecule has 2 aromatic rings. The predicted molar refractivity (Wildman–Crippen MR) is 69.0 cm³/mol. The summed E-state index contributed by atoms with van der Waals surface area (Å²) in [7, 11) is 1.79. The third kappa shape index (κ3) is 2.11. The Hall–Kier alpha value is -1.81. The molecule has 4 nitrogen and oxygen atoms in total. The van der Waals surface area contributed by atoms with Gasteiger partial charge < -0.3 is 15.0 Å². The van der Waals surface area contributed by atoms with Crippen LogP contribution >= 0.6 is 0 Å². The van der Waals surface area contributed by atoms with Crippen LogP contribution in [0.25, 0.3) is 11.3 Å². The Balaban J connectivity index is 1.77. The lowest BCUT2D eigenvalue weighted by atomic mass is 10.0. The maximum atomic E-state index is 5.53. The summed E-state index contributed by atoms with van der Waals surface area (Å²) in [5.41, 5.74) is 7.90. The van der Waals surface area contributed by atoms with Gasteiger partial charge in [-0.25, -0.2) is 0 Å². The average molecular weight is 244 g/mol. The first-order valence-corrected chi connectivity index (χ1v) is 6.07. The van der Waals surface area contributed by atoms with E-state index in [1.165, 1.54) is 5.56 Å². The van der Waals surface area contributed by atoms with Gasteiger partial charge in [0, 0.05) is 25.2 Å². The van der Waals surface area contributed by atoms with Crippen molar-refractivity contribution in [3.63, 3.8) is 0 Å². The lowest BCUT2D eigenvalue weighted by Gasteiger charge is -2.12. The molecule has 18 heavy (non-hydrogen) atoms. The van der Waals surface area contributed by atoms with Crippen LogP contribution in [-0.4, -0.2) is 17.9 Å². The first-order valence-electron chi connectivity index (χ1n) is 6.07. The van der Waals surface area contributed by atoms with Crippen LogP contribution in [0.1, 0.15) is 18.4 Å². The average Bonchev–Trinajstić information content (AvgIpc) is 3.03. The number of hydrogen-bond acceptors (Lipinski definition) is 4. The van der Waals surface area contributed by atoms with Crippen molar-refractivity contribution in [2.45, 2.75) is 24.9 Å². The highest BCUT2D eigenvalue weighted by molar-refractivity contribution is 5.60. The zero-order valence-corrected chi connectivity index (χ0v) is 10.3. The number of rotatable bonds is 4. The minimum absolute atomic E-state index is 0.0954. The van der Waals surface area contributed by atoms with Gasteiger partial charge in [0.2, 0.25) is 0 Å². The monoisotopic (exact) mass is 244 g/mol. The third-order valence-corrected chi connectivity index (χ3v) is 3.53. The Kier molecular flexibility index (Phi) is 2.59. The molecule has 0 unspecified atom stereocenters. The molecule has 0 atom stereocenters. The molecule has 0 spiro atoms. The highest BCUT2D eigenvalue weighted by atomic mass is 16.5. The van der Waals surface area contributed by atoms with Gasteiger partial charge >= 0.3 is 0 Å². The molecule has 1 fully saturated rings. The van der Waals surface area contributed by atoms with Crippen molar-refractivity contribution in [2.24, 2.45) is 0 Å². The van der Waals surface area contributed by atoms with Crippen LogP contribution in [0.4, 0.5) is 5.82 Å². The largest absolute Gasteiger partial charge is 0.381 e. The van der Waals surface area contributed by atoms with Gasteiger partial charge in [-0.2, -0.15) is 0 Å². The van der Waals surface area contributed by atoms with E-state index in [0.29, 0.717) is 11.6 Å². The highest BCUT2D eigenvalue weighted by Gasteiger charge is 2.42. The molecular weight excluding hydrogens is 228 g/mol. The smallest absolute Gasteiger partial charge is 0.169 e. The van der Waals surface area contributed by atoms with E-state index in [4.69, 9.17) is 15.0 Å². The molecule has 0 amide bonds. The van der Waals surface area contributed by atoms with Gasteiger partial charge in [0.15, 0.2) is 11.6 Å². The van der Waals surface area contributed by atoms with E-state index >= 15 is 0 Å². The van der Waals surface area contributed by atoms with E-state index in [9.17, 15) is 0 Å². The van der Waals surface area contributed by atoms with Crippen LogP contribution in [0.3, 0.4) is 0 Å². The molecule has 1 aromatic heterocycles. The Labute approximate surface area is 106 Å². The molecule has 1 saturated carbocycles. The Morgan fingerprint density at radius 3 is 2.56 bits per heavy atom. The zero-order valence-electron chi connectivity index (χ0n) is 10.3. The number of anilines is 1. The SMILES string of the molecule is COC1(Cc2ccc(-c3cc(N)no3)cc2)CC1. The van der Waals surface area contributed by atoms with Gasteiger partial charge in [-0.05, 0) is 18.4 Å². The van der Waals surface area contributed by atoms with Crippen molar-refractivity contribution in [3.8, 4) is 11.3 Å². The van der Waals surface area contributed by atoms with Crippen molar-refractivity contribution in [1.29, 1.82) is 0 Å². The molecule has 1 aliphatic rings. The summed E-state index contributed by atoms with van der Waals surface area (Å²) in [4.78, 5) is 0. The summed E-state index contributed by atoms with van der Waals surface area (Å²) >= 11 is 0. The molecule has 94 valence electrons. The molecule has 1 aliphatic carbocycles. The molecule has 0 bridgehead atoms. The molecule has 1 aromatic carbocycles. The second kappa shape index (κ2) is 4.14. The molecule has 0 radical (unpaired) electrons. The quantitative estimate of drug-likeness (QED) is 0.898. The van der Waals surface area contributed by atoms with E-state index in [1.807, 2.05) is 12.1 Å². The van der Waals surface area contributed by atoms with Gasteiger partial charge in [-0.1, -0.05) is 29.4 Å². The lowest BCUT2D eigenvalue weighted by molar-refractivity contribution is 0.0807. The van der Waals surface area contributed by atoms with Crippen molar-refractivity contribution in [3.05, 3.63) is 35.9 Å². The van der Waals surface area contributed by atoms with E-state index in [0.717, 1.165) is 24.8 Å². The number of methoxy groups -OCH3 is 1. The Morgan fingerprint density at radius 1 is 1.33 bits per heavy atom. The maximum absolute atomic E-state index is 5.53. The lowest BCUT2D eigenvalue weighted by Crippen LogP contribution is -2.14. The summed E-state index contributed by atoms with van der Waals surface area (Å²) < 4.78 is 10.7. The fourth-order valence-corrected chi connectivity index (χ4v) is 2.18. The minimum atomic E-state index is 0.0954. The van der Waals surface area contributed by atoms with Crippen LogP contribution in [0.5, 0.6) is 0 Å². The van der Waals surface area contributed by atoms with Crippen LogP contribution in [0.2, 0.25) is 0 Å². The van der Waals surface area contributed by atoms with Gasteiger partial charge in [0.05, 0.1) is 5.60 Å². The second-order valence-corrected chi connectivity index (χ2v) is 4.88. The maximum Gasteiger partial charge on any atom is 0.169 e. The molecule has 4 heteroatoms. The van der Waals surface area contributed by atoms with Crippen LogP contribution < -0.4 is 5.73 Å². The molecule has 3 rings (SSSR count). The number of nitrogen functional groups attached to an aromatic ring is 1. The van der Waals surface area contributed by atoms with Crippen molar-refractivity contribution in [2.75, 3.05) is 12.8 Å². The topological polar surface area (TPSA) is 61.3 Å². The summed E-state index contributed by atoms with van der Waals surface area (Å²) in [5.74, 6) is 1.11. The van der Waals surface area contributed by atoms with Crippen molar-refractivity contribution < 1.29 is 9.26 Å². The van der Waals surface area contributed by atoms with E-state index in [-0.39, 0.29) is 5.60 Å². The van der Waals surface area contributed by atoms with Crippen LogP contribution in [0, 0.1) is 0 Å². The van der Waals surface area contributed by atoms with Gasteiger partial charge in [-0.3, -0.25) is 0 Å². The summed E-state index contributed by atoms with van der Waals surface area (Å²) in [6.45, 7) is 0. The van der Waals surface area contributed by atoms with Gasteiger partial charge in [0.25, 0.3) is 0 Å². The predicted octanol–water partition coefficient (Wildman–Crippen LogP) is 2.65. The molecular formula is C14H16N2O2. The van der Waals surface area contributed by atoms with Crippen molar-refractivity contribution >= 4 is 5.82 Å². The van der Waals surface area contributed by atoms with E-state index in [2.05, 4.69) is 17.3 Å². The molecule has 0 saturated heterocycles. The number of hydrogen-bond donors (Lipinski definition) is 1. The normalized spacial score (nSPS) is 16.7. The van der Waals surface area contributed by atoms with E-state index < -0.39 is 0 Å². The van der Waals surface area contributed by atoms with E-state index in [1.54, 1.807) is 13.2 Å². The standard InChI is InChI=1S/C14H16N2O2/c1-17-14(6-7-14)9-10-2-4-11(5-3-10)12-8-13(15)16-18-12/h2-5,8H,6-7,9H2,1H3,(H2,15,16). The Bertz CT molecular complexity index is 541. The van der Waals surface area contributed by atoms with Crippen LogP contribution in [0.15, 0.2) is 34.9 Å². The fourth-order valence-electron chi connectivity index (χ4n) is 2.18. The van der Waals surface area contributed by atoms with Gasteiger partial charge in [-0.15, -0.1) is 0 Å². The number of nitrogens with zero attached hydrogens (tertiary/aromatic N) is 1. The second-order valence-electron chi connectivity index (χ2n) is 4.88. The number of nitrogens with two attached hydrogens (primary N) is 1. The number of benzene rings is 1. The summed E-state index contributed by atoms with van der Waals surface area (Å²) in [6.07, 6.45) is 3.29. The molecule has 1 heterocycles. The zero-order chi connectivity index (χ0) is 12.6. The summed E-state index contributed by atoms with van der Waals surface area (Å²) in [5, 5.41) is 3.68. The van der Waals surface area contributed by atoms with Gasteiger partial charge in [0.1, 0.15) is 0 Å². The first-order chi connectivity index (χ1) is 8.71. The molecule has 0 aliphatic heterocycles. The Morgan fingerprint density at radius 2 is 2.06 bits per heavy atom. The fraction of sp³-hybridized carbons (Fsp3) is 0.357. The number of aromatic nitrogens is 1. The van der Waals surface area contributed by atoms with Crippen molar-refractivity contribution in [1.82, 2.24) is 5.16 Å². The minimum Gasteiger partial charge on any atom is -0.381 e. The molecule has 2 N–H and O–H groups in total. The van der Waals surface area contributed by atoms with Crippen LogP contribution in [-0.2, 0) is 11.2 Å². The number of ether oxygens (including phenoxy) is 1. The summed E-state index contributed by atoms with van der Waals surface area (Å²) in [6, 6.07) is 9.99. The third-order valence-electron chi connectivity index (χ3n) is 3.53.